The first-order valence-electron chi connectivity index (χ1n) is 10.9. The molecular weight excluding hydrogens is 430 g/mol. The summed E-state index contributed by atoms with van der Waals surface area (Å²) in [5.74, 6) is -0.145. The highest BCUT2D eigenvalue weighted by molar-refractivity contribution is 7.13. The minimum absolute atomic E-state index is 0.0252. The van der Waals surface area contributed by atoms with Crippen molar-refractivity contribution in [2.24, 2.45) is 0 Å². The highest BCUT2D eigenvalue weighted by Crippen LogP contribution is 2.31. The topological polar surface area (TPSA) is 71.1 Å². The maximum atomic E-state index is 12.8. The summed E-state index contributed by atoms with van der Waals surface area (Å²) in [6.45, 7) is 2.09. The third-order valence-corrected chi connectivity index (χ3v) is 6.69. The van der Waals surface area contributed by atoms with Crippen LogP contribution in [0.1, 0.15) is 34.3 Å². The molecular formula is C27H23N3O2S. The van der Waals surface area contributed by atoms with Gasteiger partial charge in [0, 0.05) is 39.9 Å². The Morgan fingerprint density at radius 2 is 1.85 bits per heavy atom. The van der Waals surface area contributed by atoms with Crippen molar-refractivity contribution in [3.8, 4) is 21.8 Å². The predicted octanol–water partition coefficient (Wildman–Crippen LogP) is 6.31. The highest BCUT2D eigenvalue weighted by atomic mass is 32.1. The number of carbonyl (C=O) groups is 2. The van der Waals surface area contributed by atoms with E-state index in [2.05, 4.69) is 35.1 Å². The number of thiazole rings is 1. The Morgan fingerprint density at radius 3 is 2.67 bits per heavy atom. The zero-order valence-electron chi connectivity index (χ0n) is 18.2. The van der Waals surface area contributed by atoms with E-state index in [0.717, 1.165) is 51.6 Å². The number of carbonyl (C=O) groups excluding carboxylic acids is 2. The largest absolute Gasteiger partial charge is 0.326 e. The Labute approximate surface area is 196 Å². The van der Waals surface area contributed by atoms with Crippen LogP contribution < -0.4 is 10.6 Å². The lowest BCUT2D eigenvalue weighted by Crippen LogP contribution is -2.13. The van der Waals surface area contributed by atoms with Crippen LogP contribution in [0.25, 0.3) is 21.8 Å². The maximum Gasteiger partial charge on any atom is 0.255 e. The number of hydrogen-bond donors (Lipinski definition) is 2. The molecule has 0 bridgehead atoms. The first-order chi connectivity index (χ1) is 16.1. The Morgan fingerprint density at radius 1 is 1.03 bits per heavy atom. The van der Waals surface area contributed by atoms with Crippen LogP contribution in [0.2, 0.25) is 0 Å². The lowest BCUT2D eigenvalue weighted by atomic mass is 10.0. The molecule has 0 aliphatic carbocycles. The van der Waals surface area contributed by atoms with Crippen molar-refractivity contribution in [2.45, 2.75) is 26.2 Å². The molecule has 0 saturated heterocycles. The fraction of sp³-hybridized carbons (Fsp3) is 0.148. The molecule has 1 aliphatic rings. The molecule has 33 heavy (non-hydrogen) atoms. The number of aromatic nitrogens is 1. The first kappa shape index (κ1) is 21.1. The van der Waals surface area contributed by atoms with Gasteiger partial charge in [0.15, 0.2) is 0 Å². The molecule has 1 aliphatic heterocycles. The predicted molar refractivity (Wildman–Crippen MR) is 134 cm³/mol. The van der Waals surface area contributed by atoms with Gasteiger partial charge in [-0.3, -0.25) is 9.59 Å². The van der Waals surface area contributed by atoms with Crippen LogP contribution in [0.3, 0.4) is 0 Å². The summed E-state index contributed by atoms with van der Waals surface area (Å²) < 4.78 is 0. The normalized spacial score (nSPS) is 13.1. The summed E-state index contributed by atoms with van der Waals surface area (Å²) in [5, 5.41) is 8.92. The lowest BCUT2D eigenvalue weighted by molar-refractivity contribution is -0.116. The number of nitrogens with zero attached hydrogens (tertiary/aromatic N) is 1. The second kappa shape index (κ2) is 9.00. The summed E-state index contributed by atoms with van der Waals surface area (Å²) in [6.07, 6.45) is 2.07. The molecule has 0 radical (unpaired) electrons. The minimum atomic E-state index is -0.170. The maximum absolute atomic E-state index is 12.8. The van der Waals surface area contributed by atoms with E-state index in [9.17, 15) is 9.59 Å². The Kier molecular flexibility index (Phi) is 5.75. The van der Waals surface area contributed by atoms with Gasteiger partial charge < -0.3 is 10.6 Å². The second-order valence-electron chi connectivity index (χ2n) is 8.16. The molecule has 3 aromatic carbocycles. The third kappa shape index (κ3) is 4.56. The number of fused-ring (bicyclic) bond motifs is 1. The van der Waals surface area contributed by atoms with Gasteiger partial charge in [-0.1, -0.05) is 36.4 Å². The molecule has 5 nitrogen and oxygen atoms in total. The number of nitrogens with one attached hydrogen (secondary N) is 2. The molecule has 1 aromatic heterocycles. The molecule has 164 valence electrons. The number of anilines is 2. The molecule has 2 amide bonds. The van der Waals surface area contributed by atoms with Crippen LogP contribution in [0, 0.1) is 6.92 Å². The van der Waals surface area contributed by atoms with Crippen LogP contribution in [-0.4, -0.2) is 16.8 Å². The van der Waals surface area contributed by atoms with Crippen LogP contribution in [0.15, 0.2) is 72.1 Å². The van der Waals surface area contributed by atoms with Gasteiger partial charge in [-0.25, -0.2) is 4.98 Å². The number of amides is 2. The Balaban J connectivity index is 1.30. The van der Waals surface area contributed by atoms with E-state index < -0.39 is 0 Å². The molecule has 2 N–H and O–H groups in total. The van der Waals surface area contributed by atoms with Crippen molar-refractivity contribution in [3.05, 3.63) is 88.8 Å². The molecule has 0 spiro atoms. The van der Waals surface area contributed by atoms with Gasteiger partial charge in [-0.2, -0.15) is 0 Å². The van der Waals surface area contributed by atoms with Gasteiger partial charge in [0.1, 0.15) is 5.01 Å². The van der Waals surface area contributed by atoms with E-state index in [1.54, 1.807) is 17.4 Å². The van der Waals surface area contributed by atoms with E-state index in [4.69, 9.17) is 4.98 Å². The summed E-state index contributed by atoms with van der Waals surface area (Å²) >= 11 is 1.63. The molecule has 0 unspecified atom stereocenters. The van der Waals surface area contributed by atoms with Gasteiger partial charge in [0.2, 0.25) is 5.91 Å². The Bertz CT molecular complexity index is 1340. The molecule has 6 heteroatoms. The molecule has 0 saturated carbocycles. The standard InChI is InChI=1S/C27H23N3O2S/c1-17-5-2-3-7-22(17)27-30-24(16-33-27)18-9-12-21(13-10-18)28-26(32)20-11-14-23-19(15-20)6-4-8-25(31)29-23/h2-3,5,7,9-16H,4,6,8H2,1H3,(H,28,32)(H,29,31). The van der Waals surface area contributed by atoms with Gasteiger partial charge in [-0.05, 0) is 61.2 Å². The SMILES string of the molecule is Cc1ccccc1-c1nc(-c2ccc(NC(=O)c3ccc4c(c3)CCCC(=O)N4)cc2)cs1. The van der Waals surface area contributed by atoms with Crippen LogP contribution in [0.5, 0.6) is 0 Å². The second-order valence-corrected chi connectivity index (χ2v) is 9.02. The third-order valence-electron chi connectivity index (χ3n) is 5.81. The van der Waals surface area contributed by atoms with Crippen molar-refractivity contribution >= 4 is 34.5 Å². The number of rotatable bonds is 4. The van der Waals surface area contributed by atoms with Crippen molar-refractivity contribution in [2.75, 3.05) is 10.6 Å². The van der Waals surface area contributed by atoms with Gasteiger partial charge >= 0.3 is 0 Å². The van der Waals surface area contributed by atoms with Crippen LogP contribution in [0.4, 0.5) is 11.4 Å². The monoisotopic (exact) mass is 453 g/mol. The van der Waals surface area contributed by atoms with Crippen LogP contribution in [-0.2, 0) is 11.2 Å². The average molecular weight is 454 g/mol. The zero-order chi connectivity index (χ0) is 22.8. The van der Waals surface area contributed by atoms with Crippen LogP contribution >= 0.6 is 11.3 Å². The molecule has 4 aromatic rings. The molecule has 5 rings (SSSR count). The average Bonchev–Trinajstić information content (AvgIpc) is 3.22. The van der Waals surface area contributed by atoms with E-state index in [1.807, 2.05) is 48.5 Å². The highest BCUT2D eigenvalue weighted by Gasteiger charge is 2.15. The van der Waals surface area contributed by atoms with Crippen molar-refractivity contribution < 1.29 is 9.59 Å². The van der Waals surface area contributed by atoms with Gasteiger partial charge in [0.25, 0.3) is 5.91 Å². The van der Waals surface area contributed by atoms with Crippen molar-refractivity contribution in [1.82, 2.24) is 4.98 Å². The smallest absolute Gasteiger partial charge is 0.255 e. The lowest BCUT2D eigenvalue weighted by Gasteiger charge is -2.10. The Hall–Kier alpha value is -3.77. The summed E-state index contributed by atoms with van der Waals surface area (Å²) in [5.41, 5.74) is 7.38. The summed E-state index contributed by atoms with van der Waals surface area (Å²) in [4.78, 5) is 29.3. The van der Waals surface area contributed by atoms with Crippen molar-refractivity contribution in [1.29, 1.82) is 0 Å². The van der Waals surface area contributed by atoms with E-state index in [1.165, 1.54) is 5.56 Å². The van der Waals surface area contributed by atoms with E-state index in [0.29, 0.717) is 12.0 Å². The number of hydrogen-bond acceptors (Lipinski definition) is 4. The quantitative estimate of drug-likeness (QED) is 0.380. The van der Waals surface area contributed by atoms with Gasteiger partial charge in [-0.15, -0.1) is 11.3 Å². The zero-order valence-corrected chi connectivity index (χ0v) is 19.0. The molecule has 0 atom stereocenters. The van der Waals surface area contributed by atoms with Crippen molar-refractivity contribution in [3.63, 3.8) is 0 Å². The first-order valence-corrected chi connectivity index (χ1v) is 11.8. The van der Waals surface area contributed by atoms with E-state index in [-0.39, 0.29) is 11.8 Å². The fourth-order valence-corrected chi connectivity index (χ4v) is 4.91. The molecule has 2 heterocycles. The van der Waals surface area contributed by atoms with E-state index >= 15 is 0 Å². The van der Waals surface area contributed by atoms with Gasteiger partial charge in [0.05, 0.1) is 5.69 Å². The summed E-state index contributed by atoms with van der Waals surface area (Å²) in [7, 11) is 0. The number of benzene rings is 3. The summed E-state index contributed by atoms with van der Waals surface area (Å²) in [6, 6.07) is 21.4. The molecule has 0 fully saturated rings. The fourth-order valence-electron chi connectivity index (χ4n) is 3.99. The minimum Gasteiger partial charge on any atom is -0.326 e. The number of aryl methyl sites for hydroxylation is 2.